The Balaban J connectivity index is 1.47. The lowest BCUT2D eigenvalue weighted by atomic mass is 9.95. The van der Waals surface area contributed by atoms with Crippen LogP contribution in [-0.2, 0) is 19.4 Å². The van der Waals surface area contributed by atoms with Gasteiger partial charge in [0.1, 0.15) is 16.8 Å². The summed E-state index contributed by atoms with van der Waals surface area (Å²) in [7, 11) is 1.64. The average Bonchev–Trinajstić information content (AvgIpc) is 3.58. The SMILES string of the molecule is COc1cccc(NC(=O)N2Cc3c(sc4c3CCCC4)-n3cccc3[C@H]2c2cccs2)c1. The molecule has 4 aromatic rings. The van der Waals surface area contributed by atoms with E-state index < -0.39 is 0 Å². The first-order chi connectivity index (χ1) is 16.2. The number of nitrogens with one attached hydrogen (secondary N) is 1. The second-order valence-corrected chi connectivity index (χ2v) is 10.6. The van der Waals surface area contributed by atoms with Crippen molar-refractivity contribution in [3.8, 4) is 10.8 Å². The van der Waals surface area contributed by atoms with Gasteiger partial charge in [-0.15, -0.1) is 22.7 Å². The molecule has 168 valence electrons. The molecule has 0 unspecified atom stereocenters. The van der Waals surface area contributed by atoms with Crippen molar-refractivity contribution in [3.05, 3.63) is 86.7 Å². The number of ether oxygens (including phenoxy) is 1. The first-order valence-electron chi connectivity index (χ1n) is 11.3. The molecular weight excluding hydrogens is 450 g/mol. The summed E-state index contributed by atoms with van der Waals surface area (Å²) in [5.74, 6) is 0.724. The van der Waals surface area contributed by atoms with Crippen molar-refractivity contribution >= 4 is 34.4 Å². The van der Waals surface area contributed by atoms with E-state index >= 15 is 0 Å². The molecule has 1 N–H and O–H groups in total. The van der Waals surface area contributed by atoms with Crippen LogP contribution in [0, 0.1) is 0 Å². The number of carbonyl (C=O) groups excluding carboxylic acids is 1. The molecule has 0 bridgehead atoms. The van der Waals surface area contributed by atoms with Gasteiger partial charge in [0.15, 0.2) is 0 Å². The quantitative estimate of drug-likeness (QED) is 0.362. The van der Waals surface area contributed by atoms with Crippen LogP contribution in [0.3, 0.4) is 0 Å². The number of aromatic nitrogens is 1. The van der Waals surface area contributed by atoms with Crippen molar-refractivity contribution in [2.24, 2.45) is 0 Å². The molecule has 1 atom stereocenters. The molecule has 3 aromatic heterocycles. The van der Waals surface area contributed by atoms with Gasteiger partial charge in [-0.25, -0.2) is 4.79 Å². The second kappa shape index (κ2) is 8.39. The number of urea groups is 1. The lowest BCUT2D eigenvalue weighted by Crippen LogP contribution is -2.37. The fraction of sp³-hybridized carbons (Fsp3) is 0.269. The van der Waals surface area contributed by atoms with Gasteiger partial charge in [-0.05, 0) is 67.0 Å². The van der Waals surface area contributed by atoms with Gasteiger partial charge in [-0.2, -0.15) is 0 Å². The lowest BCUT2D eigenvalue weighted by molar-refractivity contribution is 0.195. The zero-order valence-corrected chi connectivity index (χ0v) is 20.0. The van der Waals surface area contributed by atoms with Crippen molar-refractivity contribution in [1.29, 1.82) is 0 Å². The summed E-state index contributed by atoms with van der Waals surface area (Å²) in [4.78, 5) is 18.5. The fourth-order valence-corrected chi connectivity index (χ4v) is 7.28. The van der Waals surface area contributed by atoms with Crippen LogP contribution in [0.2, 0.25) is 0 Å². The third-order valence-electron chi connectivity index (χ3n) is 6.57. The summed E-state index contributed by atoms with van der Waals surface area (Å²) < 4.78 is 7.67. The number of anilines is 1. The predicted octanol–water partition coefficient (Wildman–Crippen LogP) is 6.62. The Kier molecular flexibility index (Phi) is 5.23. The molecule has 0 saturated carbocycles. The van der Waals surface area contributed by atoms with E-state index in [0.717, 1.165) is 30.0 Å². The Morgan fingerprint density at radius 2 is 2.00 bits per heavy atom. The molecule has 4 heterocycles. The summed E-state index contributed by atoms with van der Waals surface area (Å²) >= 11 is 3.61. The fourth-order valence-electron chi connectivity index (χ4n) is 5.03. The van der Waals surface area contributed by atoms with E-state index in [-0.39, 0.29) is 12.1 Å². The normalized spacial score (nSPS) is 17.0. The number of nitrogens with zero attached hydrogens (tertiary/aromatic N) is 2. The monoisotopic (exact) mass is 475 g/mol. The molecule has 0 radical (unpaired) electrons. The summed E-state index contributed by atoms with van der Waals surface area (Å²) in [6.07, 6.45) is 6.88. The number of aryl methyl sites for hydroxylation is 1. The molecule has 1 aromatic carbocycles. The van der Waals surface area contributed by atoms with E-state index in [1.54, 1.807) is 18.4 Å². The number of thiophene rings is 2. The Hall–Kier alpha value is -3.03. The van der Waals surface area contributed by atoms with Gasteiger partial charge in [0.2, 0.25) is 0 Å². The van der Waals surface area contributed by atoms with Gasteiger partial charge in [0.05, 0.1) is 19.3 Å². The molecule has 0 saturated heterocycles. The van der Waals surface area contributed by atoms with Gasteiger partial charge in [0.25, 0.3) is 0 Å². The summed E-state index contributed by atoms with van der Waals surface area (Å²) in [5.41, 5.74) is 4.64. The molecule has 1 aliphatic carbocycles. The third-order valence-corrected chi connectivity index (χ3v) is 8.83. The number of methoxy groups -OCH3 is 1. The van der Waals surface area contributed by atoms with Crippen LogP contribution in [0.4, 0.5) is 10.5 Å². The highest BCUT2D eigenvalue weighted by Crippen LogP contribution is 2.44. The lowest BCUT2D eigenvalue weighted by Gasteiger charge is -2.30. The highest BCUT2D eigenvalue weighted by atomic mass is 32.1. The maximum absolute atomic E-state index is 13.8. The maximum Gasteiger partial charge on any atom is 0.323 e. The largest absolute Gasteiger partial charge is 0.497 e. The number of carbonyl (C=O) groups is 1. The van der Waals surface area contributed by atoms with Crippen molar-refractivity contribution in [2.75, 3.05) is 12.4 Å². The molecule has 6 rings (SSSR count). The maximum atomic E-state index is 13.8. The number of hydrogen-bond acceptors (Lipinski definition) is 4. The van der Waals surface area contributed by atoms with Crippen LogP contribution in [0.25, 0.3) is 5.00 Å². The van der Waals surface area contributed by atoms with Crippen molar-refractivity contribution in [3.63, 3.8) is 0 Å². The first kappa shape index (κ1) is 20.6. The van der Waals surface area contributed by atoms with Crippen molar-refractivity contribution in [1.82, 2.24) is 9.47 Å². The van der Waals surface area contributed by atoms with Gasteiger partial charge in [0, 0.05) is 33.3 Å². The molecule has 5 nitrogen and oxygen atoms in total. The Bertz CT molecular complexity index is 1310. The van der Waals surface area contributed by atoms with Gasteiger partial charge in [-0.3, -0.25) is 0 Å². The highest BCUT2D eigenvalue weighted by Gasteiger charge is 2.36. The highest BCUT2D eigenvalue weighted by molar-refractivity contribution is 7.15. The summed E-state index contributed by atoms with van der Waals surface area (Å²) in [6, 6.07) is 15.7. The van der Waals surface area contributed by atoms with E-state index in [0.29, 0.717) is 6.54 Å². The predicted molar refractivity (Wildman–Crippen MR) is 134 cm³/mol. The van der Waals surface area contributed by atoms with Crippen LogP contribution in [-0.4, -0.2) is 22.6 Å². The smallest absolute Gasteiger partial charge is 0.323 e. The number of benzene rings is 1. The summed E-state index contributed by atoms with van der Waals surface area (Å²) in [5, 5.41) is 6.50. The molecule has 7 heteroatoms. The number of amides is 2. The standard InChI is InChI=1S/C26H25N3O2S2/c1-31-18-8-4-7-17(15-18)27-26(30)29-16-20-19-9-2-3-11-22(19)33-25(20)28-13-5-10-21(28)24(29)23-12-6-14-32-23/h4-8,10,12-15,24H,2-3,9,11,16H2,1H3,(H,27,30)/t24-/m0/s1. The number of rotatable bonds is 3. The average molecular weight is 476 g/mol. The van der Waals surface area contributed by atoms with Crippen LogP contribution in [0.5, 0.6) is 5.75 Å². The second-order valence-electron chi connectivity index (χ2n) is 8.51. The molecule has 33 heavy (non-hydrogen) atoms. The van der Waals surface area contributed by atoms with E-state index in [1.807, 2.05) is 40.5 Å². The molecule has 2 amide bonds. The van der Waals surface area contributed by atoms with E-state index in [4.69, 9.17) is 4.74 Å². The Labute approximate surface area is 201 Å². The minimum absolute atomic E-state index is 0.0991. The van der Waals surface area contributed by atoms with Gasteiger partial charge >= 0.3 is 6.03 Å². The molecule has 2 aliphatic rings. The topological polar surface area (TPSA) is 46.5 Å². The zero-order chi connectivity index (χ0) is 22.4. The summed E-state index contributed by atoms with van der Waals surface area (Å²) in [6.45, 7) is 0.598. The number of hydrogen-bond donors (Lipinski definition) is 1. The van der Waals surface area contributed by atoms with E-state index in [1.165, 1.54) is 38.7 Å². The van der Waals surface area contributed by atoms with Crippen LogP contribution in [0.15, 0.2) is 60.1 Å². The van der Waals surface area contributed by atoms with Crippen molar-refractivity contribution in [2.45, 2.75) is 38.3 Å². The Morgan fingerprint density at radius 1 is 1.09 bits per heavy atom. The molecular formula is C26H25N3O2S2. The number of fused-ring (bicyclic) bond motifs is 5. The van der Waals surface area contributed by atoms with Gasteiger partial charge < -0.3 is 19.5 Å². The van der Waals surface area contributed by atoms with Crippen LogP contribution in [0.1, 0.15) is 45.5 Å². The van der Waals surface area contributed by atoms with Crippen molar-refractivity contribution < 1.29 is 9.53 Å². The Morgan fingerprint density at radius 3 is 2.85 bits per heavy atom. The minimum Gasteiger partial charge on any atom is -0.497 e. The molecule has 0 spiro atoms. The minimum atomic E-state index is -0.149. The first-order valence-corrected chi connectivity index (χ1v) is 13.0. The molecule has 1 aliphatic heterocycles. The van der Waals surface area contributed by atoms with Crippen LogP contribution >= 0.6 is 22.7 Å². The van der Waals surface area contributed by atoms with Gasteiger partial charge in [-0.1, -0.05) is 12.1 Å². The van der Waals surface area contributed by atoms with E-state index in [9.17, 15) is 4.79 Å². The van der Waals surface area contributed by atoms with E-state index in [2.05, 4.69) is 45.7 Å². The zero-order valence-electron chi connectivity index (χ0n) is 18.4. The molecule has 0 fully saturated rings. The van der Waals surface area contributed by atoms with Crippen LogP contribution < -0.4 is 10.1 Å². The third kappa shape index (κ3) is 3.56.